The summed E-state index contributed by atoms with van der Waals surface area (Å²) in [6.45, 7) is 1.93. The predicted molar refractivity (Wildman–Crippen MR) is 97.5 cm³/mol. The van der Waals surface area contributed by atoms with Gasteiger partial charge in [-0.25, -0.2) is 0 Å². The van der Waals surface area contributed by atoms with Gasteiger partial charge in [0.15, 0.2) is 0 Å². The first kappa shape index (κ1) is 15.2. The van der Waals surface area contributed by atoms with Crippen LogP contribution in [0.1, 0.15) is 17.5 Å². The molecule has 0 aliphatic carbocycles. The fourth-order valence-electron chi connectivity index (χ4n) is 3.91. The number of hydrogen-bond acceptors (Lipinski definition) is 3. The third-order valence-corrected chi connectivity index (χ3v) is 5.01. The molecule has 1 atom stereocenters. The van der Waals surface area contributed by atoms with Gasteiger partial charge in [0.05, 0.1) is 6.54 Å². The number of carbonyl (C=O) groups is 1. The van der Waals surface area contributed by atoms with Crippen molar-refractivity contribution in [3.8, 4) is 0 Å². The predicted octanol–water partition coefficient (Wildman–Crippen LogP) is 2.36. The molecular formula is C20H23N3O. The second kappa shape index (κ2) is 6.29. The molecule has 0 saturated heterocycles. The molecule has 124 valence electrons. The summed E-state index contributed by atoms with van der Waals surface area (Å²) < 4.78 is 0. The van der Waals surface area contributed by atoms with Crippen LogP contribution in [0.2, 0.25) is 0 Å². The van der Waals surface area contributed by atoms with Gasteiger partial charge in [-0.1, -0.05) is 36.4 Å². The van der Waals surface area contributed by atoms with Crippen molar-refractivity contribution in [1.29, 1.82) is 0 Å². The van der Waals surface area contributed by atoms with E-state index in [1.165, 1.54) is 11.1 Å². The van der Waals surface area contributed by atoms with Gasteiger partial charge in [0.25, 0.3) is 0 Å². The van der Waals surface area contributed by atoms with Crippen molar-refractivity contribution in [2.24, 2.45) is 5.73 Å². The largest absolute Gasteiger partial charge is 0.360 e. The third-order valence-electron chi connectivity index (χ3n) is 5.01. The van der Waals surface area contributed by atoms with Crippen molar-refractivity contribution in [3.05, 3.63) is 59.7 Å². The summed E-state index contributed by atoms with van der Waals surface area (Å²) in [4.78, 5) is 17.1. The fraction of sp³-hybridized carbons (Fsp3) is 0.350. The quantitative estimate of drug-likeness (QED) is 0.924. The van der Waals surface area contributed by atoms with Gasteiger partial charge in [-0.3, -0.25) is 4.79 Å². The molecule has 1 unspecified atom stereocenters. The van der Waals surface area contributed by atoms with E-state index >= 15 is 0 Å². The van der Waals surface area contributed by atoms with Crippen molar-refractivity contribution in [2.45, 2.75) is 25.3 Å². The first-order chi connectivity index (χ1) is 11.7. The van der Waals surface area contributed by atoms with Crippen LogP contribution in [-0.4, -0.2) is 31.6 Å². The van der Waals surface area contributed by atoms with Crippen molar-refractivity contribution in [2.75, 3.05) is 29.4 Å². The molecule has 2 aromatic rings. The van der Waals surface area contributed by atoms with E-state index in [1.54, 1.807) is 0 Å². The van der Waals surface area contributed by atoms with Gasteiger partial charge in [-0.05, 0) is 42.5 Å². The highest BCUT2D eigenvalue weighted by molar-refractivity contribution is 5.97. The number of carbonyl (C=O) groups excluding carboxylic acids is 1. The molecule has 0 bridgehead atoms. The van der Waals surface area contributed by atoms with Crippen LogP contribution in [0.4, 0.5) is 11.4 Å². The van der Waals surface area contributed by atoms with E-state index in [0.29, 0.717) is 6.54 Å². The van der Waals surface area contributed by atoms with Crippen LogP contribution < -0.4 is 15.5 Å². The minimum atomic E-state index is 0.0846. The molecule has 0 aromatic heterocycles. The summed E-state index contributed by atoms with van der Waals surface area (Å²) in [5.74, 6) is 0.158. The van der Waals surface area contributed by atoms with E-state index in [9.17, 15) is 4.79 Å². The normalized spacial score (nSPS) is 19.6. The van der Waals surface area contributed by atoms with E-state index < -0.39 is 0 Å². The zero-order valence-corrected chi connectivity index (χ0v) is 13.8. The standard InChI is InChI=1S/C20H23N3O/c21-17-12-16-7-2-3-9-18(16)22(13-17)14-20(24)23-11-5-8-15-6-1-4-10-19(15)23/h1-4,6-7,9-10,17H,5,8,11-14,21H2. The SMILES string of the molecule is NC1Cc2ccccc2N(CC(=O)N2CCCc3ccccc32)C1. The topological polar surface area (TPSA) is 49.6 Å². The van der Waals surface area contributed by atoms with Crippen molar-refractivity contribution < 1.29 is 4.79 Å². The summed E-state index contributed by atoms with van der Waals surface area (Å²) in [7, 11) is 0. The Kier molecular flexibility index (Phi) is 3.98. The van der Waals surface area contributed by atoms with Gasteiger partial charge in [-0.2, -0.15) is 0 Å². The third kappa shape index (κ3) is 2.78. The molecule has 2 heterocycles. The lowest BCUT2D eigenvalue weighted by molar-refractivity contribution is -0.117. The van der Waals surface area contributed by atoms with Gasteiger partial charge in [-0.15, -0.1) is 0 Å². The highest BCUT2D eigenvalue weighted by Gasteiger charge is 2.27. The smallest absolute Gasteiger partial charge is 0.246 e. The molecule has 0 saturated carbocycles. The average molecular weight is 321 g/mol. The van der Waals surface area contributed by atoms with Gasteiger partial charge in [0, 0.05) is 30.5 Å². The fourth-order valence-corrected chi connectivity index (χ4v) is 3.91. The molecule has 2 N–H and O–H groups in total. The van der Waals surface area contributed by atoms with Crippen LogP contribution in [0.15, 0.2) is 48.5 Å². The van der Waals surface area contributed by atoms with E-state index in [4.69, 9.17) is 5.73 Å². The molecule has 4 rings (SSSR count). The van der Waals surface area contributed by atoms with E-state index in [1.807, 2.05) is 29.2 Å². The van der Waals surface area contributed by atoms with Crippen LogP contribution in [0.25, 0.3) is 0 Å². The van der Waals surface area contributed by atoms with Crippen LogP contribution in [0, 0.1) is 0 Å². The van der Waals surface area contributed by atoms with E-state index in [-0.39, 0.29) is 11.9 Å². The number of aryl methyl sites for hydroxylation is 1. The Morgan fingerprint density at radius 1 is 1.04 bits per heavy atom. The Bertz CT molecular complexity index is 758. The van der Waals surface area contributed by atoms with Crippen LogP contribution in [0.3, 0.4) is 0 Å². The van der Waals surface area contributed by atoms with Gasteiger partial charge in [0.2, 0.25) is 5.91 Å². The Morgan fingerprint density at radius 3 is 2.58 bits per heavy atom. The zero-order chi connectivity index (χ0) is 16.5. The van der Waals surface area contributed by atoms with Gasteiger partial charge < -0.3 is 15.5 Å². The molecule has 0 fully saturated rings. The molecule has 1 amide bonds. The minimum absolute atomic E-state index is 0.0846. The number of rotatable bonds is 2. The number of fused-ring (bicyclic) bond motifs is 2. The molecule has 2 aromatic carbocycles. The van der Waals surface area contributed by atoms with Crippen molar-refractivity contribution >= 4 is 17.3 Å². The monoisotopic (exact) mass is 321 g/mol. The Labute approximate surface area is 142 Å². The summed E-state index contributed by atoms with van der Waals surface area (Å²) >= 11 is 0. The molecule has 24 heavy (non-hydrogen) atoms. The number of nitrogens with two attached hydrogens (primary N) is 1. The highest BCUT2D eigenvalue weighted by atomic mass is 16.2. The Hall–Kier alpha value is -2.33. The maximum absolute atomic E-state index is 13.0. The molecule has 0 spiro atoms. The lowest BCUT2D eigenvalue weighted by Crippen LogP contribution is -2.49. The molecular weight excluding hydrogens is 298 g/mol. The molecule has 4 nitrogen and oxygen atoms in total. The van der Waals surface area contributed by atoms with Crippen LogP contribution in [-0.2, 0) is 17.6 Å². The molecule has 2 aliphatic rings. The van der Waals surface area contributed by atoms with Crippen molar-refractivity contribution in [3.63, 3.8) is 0 Å². The summed E-state index contributed by atoms with van der Waals surface area (Å²) in [6, 6.07) is 16.6. The summed E-state index contributed by atoms with van der Waals surface area (Å²) in [6.07, 6.45) is 2.96. The maximum atomic E-state index is 13.0. The number of hydrogen-bond donors (Lipinski definition) is 1. The van der Waals surface area contributed by atoms with Gasteiger partial charge >= 0.3 is 0 Å². The first-order valence-corrected chi connectivity index (χ1v) is 8.69. The first-order valence-electron chi connectivity index (χ1n) is 8.69. The minimum Gasteiger partial charge on any atom is -0.360 e. The second-order valence-electron chi connectivity index (χ2n) is 6.75. The maximum Gasteiger partial charge on any atom is 0.246 e. The number of benzene rings is 2. The van der Waals surface area contributed by atoms with Crippen LogP contribution in [0.5, 0.6) is 0 Å². The van der Waals surface area contributed by atoms with E-state index in [0.717, 1.165) is 43.7 Å². The summed E-state index contributed by atoms with van der Waals surface area (Å²) in [5, 5.41) is 0. The Morgan fingerprint density at radius 2 is 1.75 bits per heavy atom. The number of amides is 1. The molecule has 4 heteroatoms. The van der Waals surface area contributed by atoms with Crippen LogP contribution >= 0.6 is 0 Å². The average Bonchev–Trinajstić information content (AvgIpc) is 2.61. The number of nitrogens with zero attached hydrogens (tertiary/aromatic N) is 2. The lowest BCUT2D eigenvalue weighted by atomic mass is 9.98. The van der Waals surface area contributed by atoms with E-state index in [2.05, 4.69) is 29.2 Å². The highest BCUT2D eigenvalue weighted by Crippen LogP contribution is 2.29. The lowest BCUT2D eigenvalue weighted by Gasteiger charge is -2.36. The zero-order valence-electron chi connectivity index (χ0n) is 13.8. The number of anilines is 2. The number of para-hydroxylation sites is 2. The molecule has 0 radical (unpaired) electrons. The van der Waals surface area contributed by atoms with Crippen molar-refractivity contribution in [1.82, 2.24) is 0 Å². The van der Waals surface area contributed by atoms with Gasteiger partial charge in [0.1, 0.15) is 0 Å². The molecule has 2 aliphatic heterocycles. The Balaban J connectivity index is 1.57. The summed E-state index contributed by atoms with van der Waals surface area (Å²) in [5.41, 5.74) is 10.9. The second-order valence-corrected chi connectivity index (χ2v) is 6.75.